The van der Waals surface area contributed by atoms with E-state index in [4.69, 9.17) is 5.11 Å². The van der Waals surface area contributed by atoms with Gasteiger partial charge in [-0.3, -0.25) is 0 Å². The van der Waals surface area contributed by atoms with Gasteiger partial charge in [0, 0.05) is 7.16 Å². The van der Waals surface area contributed by atoms with E-state index >= 15 is 0 Å². The zero-order valence-electron chi connectivity index (χ0n) is 6.87. The van der Waals surface area contributed by atoms with Crippen LogP contribution in [0.15, 0.2) is 36.1 Å². The highest BCUT2D eigenvalue weighted by Crippen LogP contribution is 2.36. The van der Waals surface area contributed by atoms with Gasteiger partial charge in [-0.1, -0.05) is 6.08 Å². The summed E-state index contributed by atoms with van der Waals surface area (Å²) < 4.78 is 1.91. The summed E-state index contributed by atoms with van der Waals surface area (Å²) in [5.74, 6) is -0.897. The number of rotatable bonds is 1. The number of aliphatic carboxylic acids is 1. The monoisotopic (exact) mass is 413 g/mol. The molecule has 1 atom stereocenters. The predicted molar refractivity (Wildman–Crippen MR) is 70.8 cm³/mol. The van der Waals surface area contributed by atoms with Crippen molar-refractivity contribution in [2.45, 2.75) is 0 Å². The molecule has 0 saturated heterocycles. The second-order valence-electron chi connectivity index (χ2n) is 2.90. The van der Waals surface area contributed by atoms with Gasteiger partial charge >= 0.3 is 5.97 Å². The molecule has 1 aliphatic carbocycles. The molecule has 5 heteroatoms. The topological polar surface area (TPSA) is 49.7 Å². The van der Waals surface area contributed by atoms with E-state index in [1.807, 2.05) is 18.2 Å². The molecule has 0 fully saturated rings. The van der Waals surface area contributed by atoms with Crippen LogP contribution < -0.4 is 0 Å². The summed E-state index contributed by atoms with van der Waals surface area (Å²) in [4.78, 5) is 14.9. The maximum atomic E-state index is 10.8. The first kappa shape index (κ1) is 10.3. The van der Waals surface area contributed by atoms with Crippen LogP contribution in [0.4, 0.5) is 0 Å². The van der Waals surface area contributed by atoms with Gasteiger partial charge in [-0.15, -0.1) is 0 Å². The van der Waals surface area contributed by atoms with E-state index in [1.54, 1.807) is 0 Å². The van der Waals surface area contributed by atoms with E-state index in [9.17, 15) is 4.79 Å². The number of hydrogen-bond donors (Lipinski definition) is 1. The van der Waals surface area contributed by atoms with E-state index in [1.165, 1.54) is 0 Å². The summed E-state index contributed by atoms with van der Waals surface area (Å²) in [5.41, 5.74) is 1.00. The van der Waals surface area contributed by atoms with Crippen LogP contribution in [0.3, 0.4) is 0 Å². The number of carbonyl (C=O) groups is 1. The van der Waals surface area contributed by atoms with E-state index < -0.39 is 5.97 Å². The Morgan fingerprint density at radius 2 is 2.14 bits per heavy atom. The minimum atomic E-state index is -0.951. The number of fused-ring (bicyclic) bond motifs is 1. The molecule has 3 nitrogen and oxygen atoms in total. The molecular formula is C9H5I2NO2. The number of carboxylic acid groups (broad SMARTS) is 1. The molecule has 72 valence electrons. The molecule has 0 radical (unpaired) electrons. The first-order valence-corrected chi connectivity index (χ1v) is 6.02. The van der Waals surface area contributed by atoms with Crippen molar-refractivity contribution in [3.05, 3.63) is 31.1 Å². The van der Waals surface area contributed by atoms with Crippen LogP contribution in [0.5, 0.6) is 0 Å². The molecule has 1 aliphatic heterocycles. The zero-order chi connectivity index (χ0) is 10.3. The lowest BCUT2D eigenvalue weighted by atomic mass is 10.00. The summed E-state index contributed by atoms with van der Waals surface area (Å²) in [5, 5.41) is 8.88. The Hall–Kier alpha value is -0.180. The van der Waals surface area contributed by atoms with Gasteiger partial charge < -0.3 is 5.11 Å². The molecule has 14 heavy (non-hydrogen) atoms. The van der Waals surface area contributed by atoms with Crippen molar-refractivity contribution in [3.8, 4) is 0 Å². The molecule has 0 saturated carbocycles. The summed E-state index contributed by atoms with van der Waals surface area (Å²) in [7, 11) is 0. The quantitative estimate of drug-likeness (QED) is 0.673. The van der Waals surface area contributed by atoms with Crippen molar-refractivity contribution in [2.24, 2.45) is 10.9 Å². The zero-order valence-corrected chi connectivity index (χ0v) is 11.2. The van der Waals surface area contributed by atoms with Crippen LogP contribution in [0, 0.1) is 5.92 Å². The second kappa shape index (κ2) is 3.76. The molecule has 0 spiro atoms. The highest BCUT2D eigenvalue weighted by Gasteiger charge is 2.30. The van der Waals surface area contributed by atoms with Crippen LogP contribution in [-0.4, -0.2) is 16.8 Å². The minimum absolute atomic E-state index is 0.0543. The second-order valence-corrected chi connectivity index (χ2v) is 5.31. The van der Waals surface area contributed by atoms with Crippen molar-refractivity contribution in [3.63, 3.8) is 0 Å². The fourth-order valence-electron chi connectivity index (χ4n) is 1.36. The first-order valence-electron chi connectivity index (χ1n) is 3.86. The fourth-order valence-corrected chi connectivity index (χ4v) is 2.75. The van der Waals surface area contributed by atoms with E-state index in [0.717, 1.165) is 12.9 Å². The van der Waals surface area contributed by atoms with Gasteiger partial charge in [0.15, 0.2) is 5.70 Å². The Kier molecular flexibility index (Phi) is 2.78. The molecule has 0 aromatic heterocycles. The highest BCUT2D eigenvalue weighted by atomic mass is 127. The number of halogens is 2. The number of allylic oxidation sites excluding steroid dienone is 5. The first-order chi connectivity index (χ1) is 6.59. The number of carboxylic acids is 1. The van der Waals surface area contributed by atoms with Gasteiger partial charge in [-0.05, 0) is 57.3 Å². The fraction of sp³-hybridized carbons (Fsp3) is 0.111. The number of nitrogens with zero attached hydrogens (tertiary/aromatic N) is 1. The molecule has 0 aromatic carbocycles. The van der Waals surface area contributed by atoms with E-state index in [2.05, 4.69) is 50.2 Å². The lowest BCUT2D eigenvalue weighted by molar-refractivity contribution is -0.132. The molecule has 0 bridgehead atoms. The van der Waals surface area contributed by atoms with Crippen LogP contribution >= 0.6 is 45.2 Å². The molecule has 1 heterocycles. The minimum Gasteiger partial charge on any atom is -0.476 e. The van der Waals surface area contributed by atoms with Crippen molar-refractivity contribution in [1.82, 2.24) is 0 Å². The van der Waals surface area contributed by atoms with Crippen molar-refractivity contribution in [1.29, 1.82) is 0 Å². The molecule has 0 unspecified atom stereocenters. The molecule has 2 rings (SSSR count). The Balaban J connectivity index is 2.46. The van der Waals surface area contributed by atoms with Crippen molar-refractivity contribution in [2.75, 3.05) is 0 Å². The van der Waals surface area contributed by atoms with Crippen molar-refractivity contribution >= 4 is 56.9 Å². The third-order valence-corrected chi connectivity index (χ3v) is 3.90. The Morgan fingerprint density at radius 1 is 1.43 bits per heavy atom. The summed E-state index contributed by atoms with van der Waals surface area (Å²) in [6.07, 6.45) is 5.84. The maximum absolute atomic E-state index is 10.8. The van der Waals surface area contributed by atoms with Crippen LogP contribution in [-0.2, 0) is 4.79 Å². The average molecular weight is 413 g/mol. The lowest BCUT2D eigenvalue weighted by Gasteiger charge is -2.10. The molecule has 2 aliphatic rings. The largest absolute Gasteiger partial charge is 0.476 e. The van der Waals surface area contributed by atoms with Gasteiger partial charge in [-0.2, -0.15) is 0 Å². The lowest BCUT2D eigenvalue weighted by Crippen LogP contribution is -2.08. The van der Waals surface area contributed by atoms with E-state index in [-0.39, 0.29) is 11.6 Å². The van der Waals surface area contributed by atoms with Crippen LogP contribution in [0.1, 0.15) is 0 Å². The Labute approximate surface area is 108 Å². The number of hydrogen-bond acceptors (Lipinski definition) is 2. The predicted octanol–water partition coefficient (Wildman–Crippen LogP) is 2.68. The molecular weight excluding hydrogens is 408 g/mol. The summed E-state index contributed by atoms with van der Waals surface area (Å²) >= 11 is 4.27. The summed E-state index contributed by atoms with van der Waals surface area (Å²) in [6, 6.07) is 0. The number of aliphatic imine (C=N–C) groups is 1. The third kappa shape index (κ3) is 1.67. The maximum Gasteiger partial charge on any atom is 0.355 e. The van der Waals surface area contributed by atoms with Gasteiger partial charge in [0.05, 0.1) is 11.6 Å². The normalized spacial score (nSPS) is 24.6. The third-order valence-electron chi connectivity index (χ3n) is 2.00. The van der Waals surface area contributed by atoms with Crippen LogP contribution in [0.25, 0.3) is 0 Å². The highest BCUT2D eigenvalue weighted by molar-refractivity contribution is 14.1. The molecule has 0 aromatic rings. The Morgan fingerprint density at radius 3 is 2.79 bits per heavy atom. The van der Waals surface area contributed by atoms with Gasteiger partial charge in [0.1, 0.15) is 0 Å². The average Bonchev–Trinajstić information content (AvgIpc) is 2.44. The SMILES string of the molecule is O=C(O)C1=C(I)[C@@H]2C=C(I)C=CC2=N1. The standard InChI is InChI=1S/C9H5I2NO2/c10-4-1-2-6-5(3-4)7(11)8(12-6)9(13)14/h1-3,5H,(H,13,14)/t5-/m1/s1. The molecule has 0 amide bonds. The van der Waals surface area contributed by atoms with E-state index in [0.29, 0.717) is 0 Å². The van der Waals surface area contributed by atoms with Crippen LogP contribution in [0.2, 0.25) is 0 Å². The van der Waals surface area contributed by atoms with Crippen molar-refractivity contribution < 1.29 is 9.90 Å². The Bertz CT molecular complexity index is 432. The summed E-state index contributed by atoms with van der Waals surface area (Å²) in [6.45, 7) is 0. The van der Waals surface area contributed by atoms with Gasteiger partial charge in [0.25, 0.3) is 0 Å². The molecule has 1 N–H and O–H groups in total. The smallest absolute Gasteiger partial charge is 0.355 e. The van der Waals surface area contributed by atoms with Gasteiger partial charge in [0.2, 0.25) is 0 Å². The van der Waals surface area contributed by atoms with Gasteiger partial charge in [-0.25, -0.2) is 9.79 Å².